The van der Waals surface area contributed by atoms with E-state index in [1.165, 1.54) is 0 Å². The van der Waals surface area contributed by atoms with Crippen LogP contribution in [-0.2, 0) is 9.59 Å². The Morgan fingerprint density at radius 3 is 1.64 bits per heavy atom. The second kappa shape index (κ2) is 3.95. The van der Waals surface area contributed by atoms with Gasteiger partial charge < -0.3 is 19.8 Å². The van der Waals surface area contributed by atoms with Gasteiger partial charge in [-0.3, -0.25) is 0 Å². The molecule has 0 saturated heterocycles. The first-order chi connectivity index (χ1) is 4.95. The van der Waals surface area contributed by atoms with E-state index in [0.717, 1.165) is 0 Å². The molecule has 11 heavy (non-hydrogen) atoms. The lowest BCUT2D eigenvalue weighted by atomic mass is 9.98. The van der Waals surface area contributed by atoms with E-state index in [2.05, 4.69) is 0 Å². The molecule has 0 fully saturated rings. The van der Waals surface area contributed by atoms with Crippen LogP contribution in [0.15, 0.2) is 0 Å². The highest BCUT2D eigenvalue weighted by Gasteiger charge is 2.12. The quantitative estimate of drug-likeness (QED) is 0.450. The van der Waals surface area contributed by atoms with Crippen molar-refractivity contribution in [2.24, 2.45) is 11.8 Å². The topological polar surface area (TPSA) is 80.3 Å². The fourth-order valence-corrected chi connectivity index (χ4v) is 0.760. The molecule has 4 nitrogen and oxygen atoms in total. The zero-order valence-electron chi connectivity index (χ0n) is 6.49. The summed E-state index contributed by atoms with van der Waals surface area (Å²) in [5.74, 6) is -4.61. The van der Waals surface area contributed by atoms with Crippen LogP contribution in [-0.4, -0.2) is 11.9 Å². The van der Waals surface area contributed by atoms with E-state index >= 15 is 0 Å². The molecule has 0 aromatic carbocycles. The molecule has 0 saturated carbocycles. The van der Waals surface area contributed by atoms with Gasteiger partial charge in [-0.25, -0.2) is 0 Å². The first-order valence-corrected chi connectivity index (χ1v) is 3.37. The molecule has 64 valence electrons. The number of carbonyl (C=O) groups excluding carboxylic acids is 2. The molecule has 0 aliphatic rings. The van der Waals surface area contributed by atoms with Gasteiger partial charge in [-0.1, -0.05) is 13.8 Å². The predicted octanol–water partition coefficient (Wildman–Crippen LogP) is -1.85. The van der Waals surface area contributed by atoms with Crippen molar-refractivity contribution in [2.45, 2.75) is 20.3 Å². The molecule has 0 N–H and O–H groups in total. The van der Waals surface area contributed by atoms with Gasteiger partial charge in [0.2, 0.25) is 0 Å². The van der Waals surface area contributed by atoms with Crippen LogP contribution in [0.4, 0.5) is 0 Å². The van der Waals surface area contributed by atoms with Crippen LogP contribution in [0.1, 0.15) is 20.3 Å². The number of rotatable bonds is 4. The van der Waals surface area contributed by atoms with Crippen molar-refractivity contribution in [1.29, 1.82) is 0 Å². The Kier molecular flexibility index (Phi) is 3.57. The minimum absolute atomic E-state index is 0.0100. The molecule has 4 heteroatoms. The van der Waals surface area contributed by atoms with Crippen molar-refractivity contribution in [3.05, 3.63) is 0 Å². The predicted molar refractivity (Wildman–Crippen MR) is 33.0 cm³/mol. The van der Waals surface area contributed by atoms with E-state index in [1.807, 2.05) is 0 Å². The third-order valence-electron chi connectivity index (χ3n) is 1.28. The van der Waals surface area contributed by atoms with Gasteiger partial charge >= 0.3 is 0 Å². The summed E-state index contributed by atoms with van der Waals surface area (Å²) in [4.78, 5) is 20.3. The van der Waals surface area contributed by atoms with E-state index in [-0.39, 0.29) is 12.3 Å². The van der Waals surface area contributed by atoms with E-state index < -0.39 is 17.9 Å². The highest BCUT2D eigenvalue weighted by atomic mass is 16.4. The molecule has 0 heterocycles. The lowest BCUT2D eigenvalue weighted by Crippen LogP contribution is -2.43. The van der Waals surface area contributed by atoms with Gasteiger partial charge in [-0.15, -0.1) is 0 Å². The highest BCUT2D eigenvalue weighted by molar-refractivity contribution is 5.90. The average molecular weight is 158 g/mol. The Balaban J connectivity index is 4.12. The van der Waals surface area contributed by atoms with Crippen molar-refractivity contribution in [3.63, 3.8) is 0 Å². The summed E-state index contributed by atoms with van der Waals surface area (Å²) in [5.41, 5.74) is 0. The van der Waals surface area contributed by atoms with Crippen LogP contribution in [0.2, 0.25) is 0 Å². The van der Waals surface area contributed by atoms with Gasteiger partial charge in [0.05, 0.1) is 11.9 Å². The first-order valence-electron chi connectivity index (χ1n) is 3.37. The molecule has 0 unspecified atom stereocenters. The maximum atomic E-state index is 10.1. The van der Waals surface area contributed by atoms with Crippen molar-refractivity contribution in [1.82, 2.24) is 0 Å². The monoisotopic (exact) mass is 158 g/mol. The second-order valence-electron chi connectivity index (χ2n) is 2.82. The molecular formula is C7H10O4-2. The molecule has 0 aliphatic heterocycles. The zero-order chi connectivity index (χ0) is 9.02. The Labute approximate surface area is 64.8 Å². The van der Waals surface area contributed by atoms with Crippen LogP contribution < -0.4 is 10.2 Å². The molecule has 0 aromatic heterocycles. The SMILES string of the molecule is CC(C)CC(C(=O)[O-])C(=O)[O-]. The molecular weight excluding hydrogens is 148 g/mol. The van der Waals surface area contributed by atoms with Gasteiger partial charge in [0.25, 0.3) is 0 Å². The van der Waals surface area contributed by atoms with Crippen LogP contribution in [0.5, 0.6) is 0 Å². The number of aliphatic carboxylic acids is 2. The first kappa shape index (κ1) is 9.94. The summed E-state index contributed by atoms with van der Waals surface area (Å²) in [6.07, 6.45) is 0.0602. The third kappa shape index (κ3) is 3.60. The van der Waals surface area contributed by atoms with Crippen LogP contribution >= 0.6 is 0 Å². The van der Waals surface area contributed by atoms with E-state index in [9.17, 15) is 19.8 Å². The summed E-state index contributed by atoms with van der Waals surface area (Å²) >= 11 is 0. The number of carboxylic acid groups (broad SMARTS) is 2. The average Bonchev–Trinajstić information content (AvgIpc) is 1.81. The molecule has 0 amide bonds. The van der Waals surface area contributed by atoms with Gasteiger partial charge in [-0.2, -0.15) is 0 Å². The van der Waals surface area contributed by atoms with Crippen molar-refractivity contribution >= 4 is 11.9 Å². The molecule has 0 spiro atoms. The number of carboxylic acids is 2. The number of carbonyl (C=O) groups is 2. The normalized spacial score (nSPS) is 10.5. The molecule has 0 bridgehead atoms. The minimum atomic E-state index is -1.57. The largest absolute Gasteiger partial charge is 0.549 e. The van der Waals surface area contributed by atoms with Crippen LogP contribution in [0, 0.1) is 11.8 Å². The summed E-state index contributed by atoms with van der Waals surface area (Å²) in [6, 6.07) is 0. The summed E-state index contributed by atoms with van der Waals surface area (Å²) in [7, 11) is 0. The Morgan fingerprint density at radius 1 is 1.18 bits per heavy atom. The molecule has 0 atom stereocenters. The molecule has 0 rings (SSSR count). The molecule has 0 aromatic rings. The fraction of sp³-hybridized carbons (Fsp3) is 0.714. The zero-order valence-corrected chi connectivity index (χ0v) is 6.49. The van der Waals surface area contributed by atoms with Crippen molar-refractivity contribution < 1.29 is 19.8 Å². The minimum Gasteiger partial charge on any atom is -0.549 e. The standard InChI is InChI=1S/C7H12O4/c1-4(2)3-5(6(8)9)7(10)11/h4-5H,3H2,1-2H3,(H,8,9)(H,10,11)/p-2. The lowest BCUT2D eigenvalue weighted by molar-refractivity contribution is -0.332. The Hall–Kier alpha value is -1.06. The van der Waals surface area contributed by atoms with Crippen LogP contribution in [0.25, 0.3) is 0 Å². The summed E-state index contributed by atoms with van der Waals surface area (Å²) in [5, 5.41) is 20.3. The van der Waals surface area contributed by atoms with Gasteiger partial charge in [0, 0.05) is 5.92 Å². The fourth-order valence-electron chi connectivity index (χ4n) is 0.760. The highest BCUT2D eigenvalue weighted by Crippen LogP contribution is 2.09. The van der Waals surface area contributed by atoms with E-state index in [1.54, 1.807) is 13.8 Å². The molecule has 0 aliphatic carbocycles. The summed E-state index contributed by atoms with van der Waals surface area (Å²) in [6.45, 7) is 3.47. The van der Waals surface area contributed by atoms with Gasteiger partial charge in [-0.05, 0) is 12.3 Å². The maximum Gasteiger partial charge on any atom is 0.0501 e. The van der Waals surface area contributed by atoms with Crippen molar-refractivity contribution in [3.8, 4) is 0 Å². The van der Waals surface area contributed by atoms with Gasteiger partial charge in [0.15, 0.2) is 0 Å². The maximum absolute atomic E-state index is 10.1. The lowest BCUT2D eigenvalue weighted by Gasteiger charge is -2.20. The number of hydrogen-bond donors (Lipinski definition) is 0. The van der Waals surface area contributed by atoms with Gasteiger partial charge in [0.1, 0.15) is 0 Å². The van der Waals surface area contributed by atoms with E-state index in [4.69, 9.17) is 0 Å². The summed E-state index contributed by atoms with van der Waals surface area (Å²) < 4.78 is 0. The van der Waals surface area contributed by atoms with Crippen molar-refractivity contribution in [2.75, 3.05) is 0 Å². The number of hydrogen-bond acceptors (Lipinski definition) is 4. The van der Waals surface area contributed by atoms with E-state index in [0.29, 0.717) is 0 Å². The van der Waals surface area contributed by atoms with Crippen LogP contribution in [0.3, 0.4) is 0 Å². The Bertz CT molecular complexity index is 148. The third-order valence-corrected chi connectivity index (χ3v) is 1.28. The second-order valence-corrected chi connectivity index (χ2v) is 2.82. The molecule has 0 radical (unpaired) electrons. The smallest absolute Gasteiger partial charge is 0.0501 e. The Morgan fingerprint density at radius 2 is 1.55 bits per heavy atom.